The number of carbonyl (C=O) groups is 5. The number of hydrogen-bond donors (Lipinski definition) is 7. The zero-order chi connectivity index (χ0) is 101. The van der Waals surface area contributed by atoms with Crippen LogP contribution in [-0.2, 0) is 5.41 Å². The summed E-state index contributed by atoms with van der Waals surface area (Å²) in [6, 6.07) is 20.4. The number of primary amides is 1. The Morgan fingerprint density at radius 1 is 0.305 bits per heavy atom. The minimum absolute atomic E-state index is 0.0124. The van der Waals surface area contributed by atoms with Crippen LogP contribution >= 0.6 is 0 Å². The number of hydrogen-bond acceptors (Lipinski definition) is 5. The second kappa shape index (κ2) is 51.5. The lowest BCUT2D eigenvalue weighted by molar-refractivity contribution is -0.0680. The highest BCUT2D eigenvalue weighted by Gasteiger charge is 2.55. The molecule has 0 atom stereocenters. The van der Waals surface area contributed by atoms with Crippen LogP contribution in [0.3, 0.4) is 0 Å². The summed E-state index contributed by atoms with van der Waals surface area (Å²) in [5.74, 6) is 0. The van der Waals surface area contributed by atoms with Gasteiger partial charge in [0, 0.05) is 77.7 Å². The lowest BCUT2D eigenvalue weighted by Crippen LogP contribution is -2.53. The number of nitrogens with zero attached hydrogens (tertiary/aromatic N) is 3. The molecule has 0 radical (unpaired) electrons. The van der Waals surface area contributed by atoms with Gasteiger partial charge in [0.05, 0.1) is 0 Å². The van der Waals surface area contributed by atoms with Gasteiger partial charge >= 0.3 is 30.2 Å². The van der Waals surface area contributed by atoms with E-state index in [0.717, 1.165) is 174 Å². The van der Waals surface area contributed by atoms with E-state index in [1.54, 1.807) is 4.90 Å². The van der Waals surface area contributed by atoms with Crippen LogP contribution in [0.25, 0.3) is 0 Å². The molecule has 0 saturated carbocycles. The highest BCUT2D eigenvalue weighted by Crippen LogP contribution is 2.61. The molecule has 1 saturated heterocycles. The van der Waals surface area contributed by atoms with Crippen molar-refractivity contribution in [1.82, 2.24) is 41.7 Å². The molecule has 3 rings (SSSR count). The Kier molecular flexibility index (Phi) is 50.2. The first-order valence-electron chi connectivity index (χ1n) is 50.8. The van der Waals surface area contributed by atoms with Crippen molar-refractivity contribution in [3.05, 3.63) is 66.2 Å². The summed E-state index contributed by atoms with van der Waals surface area (Å²) in [7, 11) is 0. The Morgan fingerprint density at radius 3 is 0.883 bits per heavy atom. The number of nitrogens with two attached hydrogens (primary N) is 1. The number of benzene rings is 2. The van der Waals surface area contributed by atoms with Gasteiger partial charge in [0.25, 0.3) is 0 Å². The van der Waals surface area contributed by atoms with Crippen LogP contribution < -0.4 is 42.5 Å². The molecular formula is C113H218N10O5. The van der Waals surface area contributed by atoms with Gasteiger partial charge in [-0.05, 0) is 243 Å². The van der Waals surface area contributed by atoms with Gasteiger partial charge < -0.3 is 47.4 Å². The number of nitrogens with one attached hydrogen (secondary N) is 6. The van der Waals surface area contributed by atoms with Gasteiger partial charge in [0.1, 0.15) is 0 Å². The molecule has 1 aliphatic rings. The number of urea groups is 5. The lowest BCUT2D eigenvalue weighted by Gasteiger charge is -2.59. The van der Waals surface area contributed by atoms with Crippen molar-refractivity contribution in [1.29, 1.82) is 0 Å². The smallest absolute Gasteiger partial charge is 0.321 e. The Balaban J connectivity index is 0. The maximum atomic E-state index is 13.2. The molecule has 0 spiro atoms. The summed E-state index contributed by atoms with van der Waals surface area (Å²) >= 11 is 0. The van der Waals surface area contributed by atoms with E-state index < -0.39 is 6.03 Å². The molecule has 0 bridgehead atoms. The number of para-hydroxylation sites is 1. The summed E-state index contributed by atoms with van der Waals surface area (Å²) in [6.07, 6.45) is 21.9. The summed E-state index contributed by atoms with van der Waals surface area (Å²) < 4.78 is 0. The fourth-order valence-corrected chi connectivity index (χ4v) is 15.6. The average molecular weight is 1800 g/mol. The van der Waals surface area contributed by atoms with Crippen molar-refractivity contribution < 1.29 is 24.0 Å². The van der Waals surface area contributed by atoms with Crippen LogP contribution in [0.1, 0.15) is 452 Å². The molecule has 1 aliphatic heterocycles. The molecule has 10 amide bonds. The van der Waals surface area contributed by atoms with Crippen molar-refractivity contribution >= 4 is 35.8 Å². The predicted octanol–water partition coefficient (Wildman–Crippen LogP) is 31.6. The number of carbonyl (C=O) groups excluding carboxylic acids is 5. The van der Waals surface area contributed by atoms with E-state index in [0.29, 0.717) is 30.5 Å². The molecule has 15 nitrogen and oxygen atoms in total. The maximum absolute atomic E-state index is 13.2. The third-order valence-corrected chi connectivity index (χ3v) is 35.9. The van der Waals surface area contributed by atoms with Crippen LogP contribution in [0.5, 0.6) is 0 Å². The van der Waals surface area contributed by atoms with Gasteiger partial charge in [-0.1, -0.05) is 373 Å². The van der Waals surface area contributed by atoms with E-state index in [-0.39, 0.29) is 116 Å². The first kappa shape index (κ1) is 125. The standard InChI is InChI=1S/C31H64N2O.2C22H38N2O.C21H44N2O.C17H34N2O/c1-26(2,3)29(10,11)19-16-22-32-25(34)33(23-17-20-30(12,13)27(4,5)6)24-18-21-31(14,15)28(7,8)9;1-19(2,15-12-16-24-18(23)25)21(5,6)22(7,8)20(3,4)17-13-10-9-11-14-17;1-9-24(18-14-11-10-12-15-18)19(25)23-17-13-16-21(5,6)22(7,8)20(2,3)4;1-18(2,3)20(7,8)13-11-15-22-17(24)23-16-12-14-21(9,10)19(4,5)6;1-16(2,3)17(4,5)11-10-12-18-15(20)19-13-8-6-7-9-14-19/h16-24H2,1-15H3,(H,32,34);9-11,13-14H,12,15-16H2,1-8H3,(H3,23,24,25);10-12,14-15H,9,13,16-17H2,1-8H3,(H,23,25);11-16H2,1-10H3,(H2,22,23,24);6-14H2,1-5H3,(H,18,20). The van der Waals surface area contributed by atoms with Crippen molar-refractivity contribution in [2.75, 3.05) is 76.9 Å². The van der Waals surface area contributed by atoms with Crippen molar-refractivity contribution in [3.63, 3.8) is 0 Å². The Morgan fingerprint density at radius 2 is 0.578 bits per heavy atom. The molecule has 128 heavy (non-hydrogen) atoms. The highest BCUT2D eigenvalue weighted by molar-refractivity contribution is 5.91. The molecule has 1 fully saturated rings. The molecule has 15 heteroatoms. The second-order valence-electron chi connectivity index (χ2n) is 53.2. The molecular weight excluding hydrogens is 1580 g/mol. The number of anilines is 1. The van der Waals surface area contributed by atoms with E-state index >= 15 is 0 Å². The molecule has 1 heterocycles. The van der Waals surface area contributed by atoms with Gasteiger partial charge in [0.2, 0.25) is 0 Å². The minimum Gasteiger partial charge on any atom is -0.352 e. The molecule has 2 aromatic carbocycles. The largest absolute Gasteiger partial charge is 0.352 e. The SMILES string of the molecule is CC(C)(C)C(C)(C)CCCNC(=O)N(CCCC(C)(C)C(C)(C)C)CCCC(C)(C)C(C)(C)C.CC(C)(C)C(C)(C)CCCNC(=O)N1CCCCCC1.CC(C)(C)C(C)(C)CCCNC(=O)NCCCC(C)(C)C(C)(C)C.CC(C)(CCCNC(N)=O)C(C)(C)C(C)(C)C(C)(C)c1ccccc1.CCN(C(=O)NCCCC(C)(C)C(C)(C)C(C)(C)C)c1ccccc1. The van der Waals surface area contributed by atoms with Crippen LogP contribution in [0.2, 0.25) is 0 Å². The molecule has 0 aromatic heterocycles. The first-order chi connectivity index (χ1) is 57.5. The summed E-state index contributed by atoms with van der Waals surface area (Å²) in [4.78, 5) is 66.3. The van der Waals surface area contributed by atoms with Crippen molar-refractivity contribution in [2.45, 2.75) is 452 Å². The summed E-state index contributed by atoms with van der Waals surface area (Å²) in [5, 5.41) is 18.1. The van der Waals surface area contributed by atoms with Gasteiger partial charge in [0.15, 0.2) is 0 Å². The molecule has 2 aromatic rings. The fourth-order valence-electron chi connectivity index (χ4n) is 15.6. The Bertz CT molecular complexity index is 3380. The average Bonchev–Trinajstić information content (AvgIpc) is 0.746. The molecule has 750 valence electrons. The van der Waals surface area contributed by atoms with E-state index in [9.17, 15) is 24.0 Å². The Labute approximate surface area is 795 Å². The number of likely N-dealkylation sites (tertiary alicyclic amines) is 1. The number of rotatable bonds is 39. The van der Waals surface area contributed by atoms with E-state index in [1.807, 2.05) is 42.2 Å². The molecule has 8 N–H and O–H groups in total. The van der Waals surface area contributed by atoms with E-state index in [1.165, 1.54) is 18.4 Å². The van der Waals surface area contributed by atoms with Crippen LogP contribution in [-0.4, -0.2) is 112 Å². The highest BCUT2D eigenvalue weighted by atomic mass is 16.2. The minimum atomic E-state index is -0.442. The lowest BCUT2D eigenvalue weighted by atomic mass is 9.45. The third kappa shape index (κ3) is 41.3. The monoisotopic (exact) mass is 1800 g/mol. The van der Waals surface area contributed by atoms with Gasteiger partial charge in [-0.15, -0.1) is 0 Å². The van der Waals surface area contributed by atoms with Gasteiger partial charge in [-0.3, -0.25) is 4.90 Å². The van der Waals surface area contributed by atoms with Gasteiger partial charge in [-0.2, -0.15) is 0 Å². The maximum Gasteiger partial charge on any atom is 0.321 e. The van der Waals surface area contributed by atoms with Crippen molar-refractivity contribution in [3.8, 4) is 0 Å². The first-order valence-corrected chi connectivity index (χ1v) is 50.8. The number of amides is 10. The van der Waals surface area contributed by atoms with E-state index in [2.05, 4.69) is 379 Å². The fraction of sp³-hybridized carbons (Fsp3) is 0.850. The zero-order valence-electron chi connectivity index (χ0n) is 93.7. The third-order valence-electron chi connectivity index (χ3n) is 35.9. The second-order valence-corrected chi connectivity index (χ2v) is 53.2. The molecule has 0 unspecified atom stereocenters. The van der Waals surface area contributed by atoms with Crippen LogP contribution in [0, 0.1) is 97.5 Å². The Hall–Kier alpha value is -5.21. The summed E-state index contributed by atoms with van der Waals surface area (Å²) in [5.41, 5.74) is 11.7. The van der Waals surface area contributed by atoms with Crippen LogP contribution in [0.15, 0.2) is 60.7 Å². The topological polar surface area (TPSA) is 193 Å². The predicted molar refractivity (Wildman–Crippen MR) is 561 cm³/mol. The quantitative estimate of drug-likeness (QED) is 0.0327. The van der Waals surface area contributed by atoms with E-state index in [4.69, 9.17) is 5.73 Å². The summed E-state index contributed by atoms with van der Waals surface area (Å²) in [6.45, 7) is 115. The van der Waals surface area contributed by atoms with Crippen LogP contribution in [0.4, 0.5) is 29.7 Å². The van der Waals surface area contributed by atoms with Crippen molar-refractivity contribution in [2.24, 2.45) is 103 Å². The zero-order valence-corrected chi connectivity index (χ0v) is 93.7. The van der Waals surface area contributed by atoms with Gasteiger partial charge in [-0.25, -0.2) is 24.0 Å². The molecule has 0 aliphatic carbocycles. The normalized spacial score (nSPS) is 14.3.